The van der Waals surface area contributed by atoms with E-state index in [0.717, 1.165) is 23.4 Å². The average molecular weight is 356 g/mol. The van der Waals surface area contributed by atoms with Crippen LogP contribution in [0, 0.1) is 5.92 Å². The Labute approximate surface area is 155 Å². The fraction of sp³-hybridized carbons (Fsp3) is 0.550. The first-order chi connectivity index (χ1) is 12.2. The third kappa shape index (κ3) is 4.06. The summed E-state index contributed by atoms with van der Waals surface area (Å²) in [6.07, 6.45) is 1.59. The molecule has 1 aliphatic rings. The molecule has 26 heavy (non-hydrogen) atoms. The highest BCUT2D eigenvalue weighted by Gasteiger charge is 2.34. The number of para-hydroxylation sites is 2. The first-order valence-electron chi connectivity index (χ1n) is 9.21. The lowest BCUT2D eigenvalue weighted by molar-refractivity contribution is 0.0201. The van der Waals surface area contributed by atoms with E-state index in [-0.39, 0.29) is 12.1 Å². The minimum atomic E-state index is -0.481. The van der Waals surface area contributed by atoms with E-state index in [1.54, 1.807) is 4.90 Å². The minimum Gasteiger partial charge on any atom is -0.444 e. The Morgan fingerprint density at radius 1 is 1.19 bits per heavy atom. The van der Waals surface area contributed by atoms with Crippen molar-refractivity contribution in [2.45, 2.75) is 46.3 Å². The van der Waals surface area contributed by atoms with Crippen LogP contribution < -0.4 is 4.90 Å². The molecule has 1 aliphatic heterocycles. The zero-order valence-electron chi connectivity index (χ0n) is 16.3. The van der Waals surface area contributed by atoms with Crippen LogP contribution in [0.2, 0.25) is 0 Å². The minimum absolute atomic E-state index is 0.173. The van der Waals surface area contributed by atoms with Crippen molar-refractivity contribution in [3.63, 3.8) is 0 Å². The van der Waals surface area contributed by atoms with Gasteiger partial charge in [0.15, 0.2) is 0 Å². The third-order valence-corrected chi connectivity index (χ3v) is 4.57. The highest BCUT2D eigenvalue weighted by molar-refractivity contribution is 5.75. The number of fused-ring (bicyclic) bond motifs is 1. The molecule has 0 aliphatic carbocycles. The normalized spacial score (nSPS) is 18.5. The molecule has 0 radical (unpaired) electrons. The Morgan fingerprint density at radius 3 is 2.54 bits per heavy atom. The molecule has 6 nitrogen and oxygen atoms in total. The van der Waals surface area contributed by atoms with Crippen LogP contribution in [0.3, 0.4) is 0 Å². The number of piperazine rings is 1. The maximum atomic E-state index is 12.5. The molecule has 0 spiro atoms. The highest BCUT2D eigenvalue weighted by Crippen LogP contribution is 2.25. The lowest BCUT2D eigenvalue weighted by Crippen LogP contribution is -2.57. The molecule has 0 bridgehead atoms. The van der Waals surface area contributed by atoms with Gasteiger partial charge in [0.25, 0.3) is 0 Å². The van der Waals surface area contributed by atoms with E-state index in [1.165, 1.54) is 0 Å². The second kappa shape index (κ2) is 7.09. The molecule has 2 heterocycles. The number of aromatic nitrogens is 2. The van der Waals surface area contributed by atoms with E-state index >= 15 is 0 Å². The number of ether oxygens (including phenoxy) is 1. The van der Waals surface area contributed by atoms with E-state index in [2.05, 4.69) is 23.7 Å². The Balaban J connectivity index is 1.81. The van der Waals surface area contributed by atoms with Gasteiger partial charge < -0.3 is 14.5 Å². The fourth-order valence-electron chi connectivity index (χ4n) is 3.24. The second-order valence-electron chi connectivity index (χ2n) is 8.15. The van der Waals surface area contributed by atoms with Gasteiger partial charge in [-0.05, 0) is 38.8 Å². The van der Waals surface area contributed by atoms with Gasteiger partial charge in [-0.2, -0.15) is 0 Å². The highest BCUT2D eigenvalue weighted by atomic mass is 16.6. The van der Waals surface area contributed by atoms with Crippen LogP contribution in [-0.2, 0) is 4.74 Å². The van der Waals surface area contributed by atoms with Crippen molar-refractivity contribution in [3.8, 4) is 0 Å². The lowest BCUT2D eigenvalue weighted by atomic mass is 9.99. The maximum absolute atomic E-state index is 12.5. The van der Waals surface area contributed by atoms with Crippen LogP contribution in [0.5, 0.6) is 0 Å². The van der Waals surface area contributed by atoms with Crippen molar-refractivity contribution < 1.29 is 9.53 Å². The van der Waals surface area contributed by atoms with Gasteiger partial charge in [0.05, 0.1) is 23.3 Å². The van der Waals surface area contributed by atoms with Gasteiger partial charge in [-0.25, -0.2) is 9.78 Å². The zero-order chi connectivity index (χ0) is 18.9. The predicted octanol–water partition coefficient (Wildman–Crippen LogP) is 3.71. The van der Waals surface area contributed by atoms with Crippen LogP contribution >= 0.6 is 0 Å². The lowest BCUT2D eigenvalue weighted by Gasteiger charge is -2.44. The predicted molar refractivity (Wildman–Crippen MR) is 103 cm³/mol. The number of rotatable bonds is 2. The summed E-state index contributed by atoms with van der Waals surface area (Å²) in [5, 5.41) is 0. The van der Waals surface area contributed by atoms with Gasteiger partial charge in [0.2, 0.25) is 0 Å². The number of carbonyl (C=O) groups excluding carboxylic acids is 1. The van der Waals surface area contributed by atoms with Crippen molar-refractivity contribution in [1.29, 1.82) is 0 Å². The number of anilines is 1. The molecule has 1 aromatic carbocycles. The van der Waals surface area contributed by atoms with Crippen LogP contribution in [0.4, 0.5) is 10.6 Å². The number of nitrogens with zero attached hydrogens (tertiary/aromatic N) is 4. The van der Waals surface area contributed by atoms with E-state index in [9.17, 15) is 4.79 Å². The van der Waals surface area contributed by atoms with Crippen molar-refractivity contribution in [1.82, 2.24) is 14.9 Å². The van der Waals surface area contributed by atoms with Crippen LogP contribution in [0.15, 0.2) is 30.5 Å². The maximum Gasteiger partial charge on any atom is 0.410 e. The molecular weight excluding hydrogens is 328 g/mol. The molecule has 1 fully saturated rings. The molecule has 1 aromatic heterocycles. The summed E-state index contributed by atoms with van der Waals surface area (Å²) in [5.74, 6) is 1.24. The number of hydrogen-bond donors (Lipinski definition) is 0. The number of amides is 1. The molecule has 3 rings (SSSR count). The molecule has 0 saturated carbocycles. The molecule has 1 atom stereocenters. The van der Waals surface area contributed by atoms with Crippen LogP contribution in [0.1, 0.15) is 34.6 Å². The monoisotopic (exact) mass is 356 g/mol. The molecule has 140 valence electrons. The Hall–Kier alpha value is -2.37. The first kappa shape index (κ1) is 18.4. The van der Waals surface area contributed by atoms with Gasteiger partial charge in [-0.15, -0.1) is 0 Å². The summed E-state index contributed by atoms with van der Waals surface area (Å²) in [6, 6.07) is 8.06. The number of benzene rings is 1. The molecule has 1 unspecified atom stereocenters. The van der Waals surface area contributed by atoms with Gasteiger partial charge in [0, 0.05) is 19.6 Å². The SMILES string of the molecule is CC(C)C1CN(C(=O)OC(C)(C)C)CCN1c1cnc2ccccc2n1. The van der Waals surface area contributed by atoms with Gasteiger partial charge in [-0.3, -0.25) is 4.98 Å². The Morgan fingerprint density at radius 2 is 1.88 bits per heavy atom. The van der Waals surface area contributed by atoms with E-state index in [4.69, 9.17) is 9.72 Å². The summed E-state index contributed by atoms with van der Waals surface area (Å²) in [6.45, 7) is 12.0. The molecule has 0 N–H and O–H groups in total. The zero-order valence-corrected chi connectivity index (χ0v) is 16.3. The van der Waals surface area contributed by atoms with Crippen molar-refractivity contribution in [2.24, 2.45) is 5.92 Å². The van der Waals surface area contributed by atoms with Crippen molar-refractivity contribution in [2.75, 3.05) is 24.5 Å². The summed E-state index contributed by atoms with van der Waals surface area (Å²) >= 11 is 0. The summed E-state index contributed by atoms with van der Waals surface area (Å²) in [4.78, 5) is 25.9. The van der Waals surface area contributed by atoms with E-state index < -0.39 is 5.60 Å². The number of hydrogen-bond acceptors (Lipinski definition) is 5. The Bertz CT molecular complexity index is 785. The quantitative estimate of drug-likeness (QED) is 0.821. The summed E-state index contributed by atoms with van der Waals surface area (Å²) in [5.41, 5.74) is 1.30. The summed E-state index contributed by atoms with van der Waals surface area (Å²) in [7, 11) is 0. The first-order valence-corrected chi connectivity index (χ1v) is 9.21. The molecule has 6 heteroatoms. The van der Waals surface area contributed by atoms with Crippen molar-refractivity contribution >= 4 is 22.9 Å². The van der Waals surface area contributed by atoms with Crippen LogP contribution in [0.25, 0.3) is 11.0 Å². The standard InChI is InChI=1S/C20H28N4O2/c1-14(2)17-13-23(19(25)26-20(3,4)5)10-11-24(17)18-12-21-15-8-6-7-9-16(15)22-18/h6-9,12,14,17H,10-11,13H2,1-5H3. The summed E-state index contributed by atoms with van der Waals surface area (Å²) < 4.78 is 5.54. The van der Waals surface area contributed by atoms with E-state index in [0.29, 0.717) is 19.0 Å². The largest absolute Gasteiger partial charge is 0.444 e. The van der Waals surface area contributed by atoms with Gasteiger partial charge in [-0.1, -0.05) is 26.0 Å². The molecular formula is C20H28N4O2. The third-order valence-electron chi connectivity index (χ3n) is 4.57. The number of carbonyl (C=O) groups is 1. The van der Waals surface area contributed by atoms with Gasteiger partial charge >= 0.3 is 6.09 Å². The van der Waals surface area contributed by atoms with E-state index in [1.807, 2.05) is 51.2 Å². The average Bonchev–Trinajstić information content (AvgIpc) is 2.59. The second-order valence-corrected chi connectivity index (χ2v) is 8.15. The van der Waals surface area contributed by atoms with Crippen molar-refractivity contribution in [3.05, 3.63) is 30.5 Å². The van der Waals surface area contributed by atoms with Gasteiger partial charge in [0.1, 0.15) is 11.4 Å². The molecule has 2 aromatic rings. The fourth-order valence-corrected chi connectivity index (χ4v) is 3.24. The smallest absolute Gasteiger partial charge is 0.410 e. The topological polar surface area (TPSA) is 58.6 Å². The Kier molecular flexibility index (Phi) is 5.03. The molecule has 1 saturated heterocycles. The van der Waals surface area contributed by atoms with Crippen LogP contribution in [-0.4, -0.2) is 52.2 Å². The molecule has 1 amide bonds.